The minimum Gasteiger partial charge on any atom is -0.380 e. The van der Waals surface area contributed by atoms with Gasteiger partial charge in [-0.1, -0.05) is 84.2 Å². The number of carbonyl (C=O) groups is 1. The van der Waals surface area contributed by atoms with Crippen LogP contribution < -0.4 is 5.32 Å². The lowest BCUT2D eigenvalue weighted by Crippen LogP contribution is -2.59. The summed E-state index contributed by atoms with van der Waals surface area (Å²) in [6, 6.07) is 10.0. The van der Waals surface area contributed by atoms with E-state index in [1.807, 2.05) is 30.3 Å². The molecule has 1 aromatic rings. The van der Waals surface area contributed by atoms with E-state index in [9.17, 15) is 9.90 Å². The molecule has 4 saturated carbocycles. The topological polar surface area (TPSA) is 49.3 Å². The average Bonchev–Trinajstić information content (AvgIpc) is 3.25. The molecule has 4 fully saturated rings. The highest BCUT2D eigenvalue weighted by Gasteiger charge is 2.62. The normalized spacial score (nSPS) is 41.2. The predicted molar refractivity (Wildman–Crippen MR) is 156 cm³/mol. The van der Waals surface area contributed by atoms with Gasteiger partial charge in [-0.05, 0) is 116 Å². The number of amides is 1. The first-order valence-electron chi connectivity index (χ1n) is 16.1. The highest BCUT2D eigenvalue weighted by Crippen LogP contribution is 2.69. The number of hydrogen-bond donors (Lipinski definition) is 2. The second-order valence-corrected chi connectivity index (χ2v) is 15.1. The fraction of sp³-hybridized carbons (Fsp3) is 0.800. The van der Waals surface area contributed by atoms with Crippen LogP contribution in [0.3, 0.4) is 0 Å². The van der Waals surface area contributed by atoms with Crippen molar-refractivity contribution in [1.29, 1.82) is 0 Å². The van der Waals surface area contributed by atoms with Crippen molar-refractivity contribution in [1.82, 2.24) is 5.32 Å². The third-order valence-corrected chi connectivity index (χ3v) is 12.6. The molecule has 9 atom stereocenters. The summed E-state index contributed by atoms with van der Waals surface area (Å²) >= 11 is 0. The molecule has 0 saturated heterocycles. The summed E-state index contributed by atoms with van der Waals surface area (Å²) in [5.74, 6) is 5.37. The average molecular weight is 522 g/mol. The van der Waals surface area contributed by atoms with Crippen LogP contribution in [-0.4, -0.2) is 16.6 Å². The van der Waals surface area contributed by atoms with Crippen LogP contribution in [0.5, 0.6) is 0 Å². The van der Waals surface area contributed by atoms with Gasteiger partial charge in [0.05, 0.1) is 0 Å². The van der Waals surface area contributed by atoms with E-state index in [2.05, 4.69) is 39.9 Å². The van der Waals surface area contributed by atoms with Gasteiger partial charge in [-0.3, -0.25) is 4.79 Å². The van der Waals surface area contributed by atoms with E-state index in [4.69, 9.17) is 0 Å². The molecule has 2 N–H and O–H groups in total. The van der Waals surface area contributed by atoms with Crippen molar-refractivity contribution in [2.45, 2.75) is 124 Å². The van der Waals surface area contributed by atoms with Gasteiger partial charge in [0, 0.05) is 6.54 Å². The number of hydrogen-bond acceptors (Lipinski definition) is 2. The molecule has 0 radical (unpaired) electrons. The summed E-state index contributed by atoms with van der Waals surface area (Å²) in [6.07, 6.45) is 14.5. The lowest BCUT2D eigenvalue weighted by Gasteiger charge is -2.62. The van der Waals surface area contributed by atoms with Crippen molar-refractivity contribution in [2.75, 3.05) is 0 Å². The van der Waals surface area contributed by atoms with Crippen molar-refractivity contribution in [3.63, 3.8) is 0 Å². The molecule has 0 aliphatic heterocycles. The molecule has 4 aliphatic rings. The summed E-state index contributed by atoms with van der Waals surface area (Å²) in [4.78, 5) is 13.2. The Kier molecular flexibility index (Phi) is 8.09. The predicted octanol–water partition coefficient (Wildman–Crippen LogP) is 8.16. The number of benzene rings is 1. The number of carbonyl (C=O) groups excluding carboxylic acids is 1. The van der Waals surface area contributed by atoms with Crippen LogP contribution in [-0.2, 0) is 11.3 Å². The summed E-state index contributed by atoms with van der Waals surface area (Å²) in [6.45, 7) is 13.0. The van der Waals surface area contributed by atoms with E-state index in [-0.39, 0.29) is 11.3 Å². The van der Waals surface area contributed by atoms with Crippen LogP contribution in [0.2, 0.25) is 0 Å². The van der Waals surface area contributed by atoms with Gasteiger partial charge in [-0.2, -0.15) is 0 Å². The third-order valence-electron chi connectivity index (χ3n) is 12.6. The van der Waals surface area contributed by atoms with Crippen molar-refractivity contribution in [2.24, 2.45) is 52.3 Å². The molecular formula is C35H55NO2. The van der Waals surface area contributed by atoms with Gasteiger partial charge in [0.1, 0.15) is 5.60 Å². The van der Waals surface area contributed by atoms with Crippen molar-refractivity contribution >= 4 is 5.91 Å². The highest BCUT2D eigenvalue weighted by atomic mass is 16.3. The van der Waals surface area contributed by atoms with Gasteiger partial charge in [0.15, 0.2) is 0 Å². The highest BCUT2D eigenvalue weighted by molar-refractivity contribution is 5.85. The van der Waals surface area contributed by atoms with E-state index in [0.29, 0.717) is 30.7 Å². The monoisotopic (exact) mass is 521 g/mol. The Hall–Kier alpha value is -1.35. The van der Waals surface area contributed by atoms with Gasteiger partial charge >= 0.3 is 0 Å². The maximum absolute atomic E-state index is 13.2. The Bertz CT molecular complexity index is 960. The Labute approximate surface area is 232 Å². The number of rotatable bonds is 8. The minimum absolute atomic E-state index is 0.160. The lowest BCUT2D eigenvalue weighted by atomic mass is 9.43. The Balaban J connectivity index is 1.23. The van der Waals surface area contributed by atoms with E-state index < -0.39 is 5.60 Å². The maximum Gasteiger partial charge on any atom is 0.252 e. The first kappa shape index (κ1) is 28.2. The molecule has 212 valence electrons. The second kappa shape index (κ2) is 10.9. The summed E-state index contributed by atoms with van der Waals surface area (Å²) in [5.41, 5.74) is 0.671. The van der Waals surface area contributed by atoms with Crippen LogP contribution in [0.4, 0.5) is 0 Å². The molecule has 4 aliphatic carbocycles. The SMILES string of the molecule is CC(C)CCC[C@@H](C)[C@H]1CC[C@H]2[C@@H]3CC[C@H]4C[C@@](O)(C(=O)NCc5ccccc5)CC[C@]4(C)[C@H]3CC[C@]12C. The molecule has 38 heavy (non-hydrogen) atoms. The molecular weight excluding hydrogens is 466 g/mol. The van der Waals surface area contributed by atoms with Crippen LogP contribution in [0.1, 0.15) is 117 Å². The van der Waals surface area contributed by atoms with E-state index in [1.165, 1.54) is 57.8 Å². The molecule has 3 nitrogen and oxygen atoms in total. The van der Waals surface area contributed by atoms with Crippen molar-refractivity contribution in [3.8, 4) is 0 Å². The van der Waals surface area contributed by atoms with E-state index in [1.54, 1.807) is 0 Å². The zero-order chi connectivity index (χ0) is 27.1. The van der Waals surface area contributed by atoms with Gasteiger partial charge < -0.3 is 10.4 Å². The van der Waals surface area contributed by atoms with Gasteiger partial charge in [0.2, 0.25) is 0 Å². The zero-order valence-electron chi connectivity index (χ0n) is 25.0. The summed E-state index contributed by atoms with van der Waals surface area (Å²) in [5, 5.41) is 14.6. The van der Waals surface area contributed by atoms with Crippen molar-refractivity contribution < 1.29 is 9.90 Å². The molecule has 0 aromatic heterocycles. The van der Waals surface area contributed by atoms with Crippen LogP contribution in [0.25, 0.3) is 0 Å². The lowest BCUT2D eigenvalue weighted by molar-refractivity contribution is -0.168. The van der Waals surface area contributed by atoms with Crippen molar-refractivity contribution in [3.05, 3.63) is 35.9 Å². The second-order valence-electron chi connectivity index (χ2n) is 15.1. The first-order valence-corrected chi connectivity index (χ1v) is 16.1. The summed E-state index contributed by atoms with van der Waals surface area (Å²) in [7, 11) is 0. The fourth-order valence-electron chi connectivity index (χ4n) is 10.4. The molecule has 1 amide bonds. The minimum atomic E-state index is -1.21. The molecule has 0 bridgehead atoms. The van der Waals surface area contributed by atoms with Crippen LogP contribution in [0, 0.1) is 52.3 Å². The smallest absolute Gasteiger partial charge is 0.252 e. The molecule has 1 aromatic carbocycles. The fourth-order valence-corrected chi connectivity index (χ4v) is 10.4. The first-order chi connectivity index (χ1) is 18.1. The largest absolute Gasteiger partial charge is 0.380 e. The van der Waals surface area contributed by atoms with Gasteiger partial charge in [-0.15, -0.1) is 0 Å². The Morgan fingerprint density at radius 1 is 0.921 bits per heavy atom. The number of nitrogens with one attached hydrogen (secondary N) is 1. The molecule has 3 heteroatoms. The van der Waals surface area contributed by atoms with E-state index >= 15 is 0 Å². The maximum atomic E-state index is 13.2. The Morgan fingerprint density at radius 3 is 2.39 bits per heavy atom. The van der Waals surface area contributed by atoms with Crippen LogP contribution >= 0.6 is 0 Å². The standard InChI is InChI=1S/C35H55NO2/c1-24(2)10-9-11-25(3)29-16-17-30-28-15-14-27-22-35(38,32(37)36-23-26-12-7-6-8-13-26)21-20-33(27,4)31(28)18-19-34(29,30)5/h6-8,12-13,24-25,27-31,38H,9-11,14-23H2,1-5H3,(H,36,37)/t25-,27+,28+,29-,30+,31+,33+,34-,35-/m1/s1. The summed E-state index contributed by atoms with van der Waals surface area (Å²) < 4.78 is 0. The zero-order valence-corrected chi connectivity index (χ0v) is 25.0. The molecule has 0 spiro atoms. The Morgan fingerprint density at radius 2 is 1.66 bits per heavy atom. The van der Waals surface area contributed by atoms with Crippen LogP contribution in [0.15, 0.2) is 30.3 Å². The van der Waals surface area contributed by atoms with E-state index in [0.717, 1.165) is 47.5 Å². The number of aliphatic hydroxyl groups is 1. The quantitative estimate of drug-likeness (QED) is 0.362. The number of fused-ring (bicyclic) bond motifs is 5. The van der Waals surface area contributed by atoms with Gasteiger partial charge in [0.25, 0.3) is 5.91 Å². The molecule has 0 heterocycles. The molecule has 5 rings (SSSR count). The molecule has 0 unspecified atom stereocenters. The third kappa shape index (κ3) is 5.11. The van der Waals surface area contributed by atoms with Gasteiger partial charge in [-0.25, -0.2) is 0 Å².